The van der Waals surface area contributed by atoms with Gasteiger partial charge in [0, 0.05) is 24.2 Å². The van der Waals surface area contributed by atoms with E-state index in [0.29, 0.717) is 29.7 Å². The second-order valence-electron chi connectivity index (χ2n) is 6.09. The van der Waals surface area contributed by atoms with E-state index in [1.165, 1.54) is 0 Å². The predicted octanol–water partition coefficient (Wildman–Crippen LogP) is 2.90. The summed E-state index contributed by atoms with van der Waals surface area (Å²) in [5.74, 6) is 2.23. The maximum atomic E-state index is 12.2. The lowest BCUT2D eigenvalue weighted by Gasteiger charge is -2.14. The van der Waals surface area contributed by atoms with Crippen LogP contribution in [0.5, 0.6) is 17.2 Å². The molecule has 24 heavy (non-hydrogen) atoms. The molecule has 2 aromatic rings. The highest BCUT2D eigenvalue weighted by Gasteiger charge is 2.20. The van der Waals surface area contributed by atoms with Crippen molar-refractivity contribution < 1.29 is 19.0 Å². The van der Waals surface area contributed by atoms with E-state index in [-0.39, 0.29) is 12.3 Å². The standard InChI is InChI=1S/C18H26N2O4/c1-11(2)6-7-19-15(21)8-12-10-20-13-9-14(22-3)17(23-4)18(24-5)16(12)13/h9-11,20H,6-8H2,1-5H3,(H,19,21). The number of benzene rings is 1. The number of amides is 1. The number of methoxy groups -OCH3 is 3. The van der Waals surface area contributed by atoms with Gasteiger partial charge in [-0.1, -0.05) is 13.8 Å². The fourth-order valence-electron chi connectivity index (χ4n) is 2.70. The minimum Gasteiger partial charge on any atom is -0.493 e. The van der Waals surface area contributed by atoms with E-state index in [4.69, 9.17) is 14.2 Å². The molecule has 2 N–H and O–H groups in total. The third-order valence-corrected chi connectivity index (χ3v) is 3.95. The first-order chi connectivity index (χ1) is 11.5. The minimum absolute atomic E-state index is 0.00612. The van der Waals surface area contributed by atoms with Gasteiger partial charge >= 0.3 is 0 Å². The van der Waals surface area contributed by atoms with Crippen LogP contribution in [0.2, 0.25) is 0 Å². The summed E-state index contributed by atoms with van der Waals surface area (Å²) in [5, 5.41) is 3.80. The van der Waals surface area contributed by atoms with Gasteiger partial charge in [-0.15, -0.1) is 0 Å². The van der Waals surface area contributed by atoms with E-state index in [1.54, 1.807) is 21.3 Å². The van der Waals surface area contributed by atoms with E-state index in [1.807, 2.05) is 12.3 Å². The van der Waals surface area contributed by atoms with Crippen molar-refractivity contribution in [3.63, 3.8) is 0 Å². The molecule has 0 spiro atoms. The molecule has 1 amide bonds. The predicted molar refractivity (Wildman–Crippen MR) is 94.1 cm³/mol. The Balaban J connectivity index is 2.30. The molecule has 6 heteroatoms. The van der Waals surface area contributed by atoms with Crippen LogP contribution >= 0.6 is 0 Å². The van der Waals surface area contributed by atoms with Crippen molar-refractivity contribution in [2.24, 2.45) is 5.92 Å². The Kier molecular flexibility index (Phi) is 5.95. The normalized spacial score (nSPS) is 10.9. The van der Waals surface area contributed by atoms with Crippen LogP contribution in [-0.2, 0) is 11.2 Å². The lowest BCUT2D eigenvalue weighted by molar-refractivity contribution is -0.120. The maximum Gasteiger partial charge on any atom is 0.224 e. The second-order valence-corrected chi connectivity index (χ2v) is 6.09. The van der Waals surface area contributed by atoms with Gasteiger partial charge in [-0.2, -0.15) is 0 Å². The molecule has 1 heterocycles. The van der Waals surface area contributed by atoms with Crippen molar-refractivity contribution in [3.05, 3.63) is 17.8 Å². The summed E-state index contributed by atoms with van der Waals surface area (Å²) < 4.78 is 16.3. The first kappa shape index (κ1) is 18.0. The molecule has 0 bridgehead atoms. The fraction of sp³-hybridized carbons (Fsp3) is 0.500. The third kappa shape index (κ3) is 3.75. The smallest absolute Gasteiger partial charge is 0.224 e. The van der Waals surface area contributed by atoms with Crippen molar-refractivity contribution in [2.75, 3.05) is 27.9 Å². The van der Waals surface area contributed by atoms with E-state index in [0.717, 1.165) is 22.9 Å². The number of aromatic amines is 1. The van der Waals surface area contributed by atoms with Crippen molar-refractivity contribution in [1.82, 2.24) is 10.3 Å². The average Bonchev–Trinajstić information content (AvgIpc) is 2.95. The summed E-state index contributed by atoms with van der Waals surface area (Å²) in [6, 6.07) is 1.84. The molecule has 0 aliphatic carbocycles. The van der Waals surface area contributed by atoms with Crippen LogP contribution in [-0.4, -0.2) is 38.8 Å². The van der Waals surface area contributed by atoms with Gasteiger partial charge in [0.15, 0.2) is 11.5 Å². The van der Waals surface area contributed by atoms with Gasteiger partial charge in [-0.3, -0.25) is 4.79 Å². The molecule has 1 aromatic heterocycles. The number of ether oxygens (including phenoxy) is 3. The number of carbonyl (C=O) groups excluding carboxylic acids is 1. The Hall–Kier alpha value is -2.37. The molecule has 2 rings (SSSR count). The quantitative estimate of drug-likeness (QED) is 0.778. The topological polar surface area (TPSA) is 72.6 Å². The Morgan fingerprint density at radius 2 is 1.88 bits per heavy atom. The number of fused-ring (bicyclic) bond motifs is 1. The van der Waals surface area contributed by atoms with E-state index < -0.39 is 0 Å². The summed E-state index contributed by atoms with van der Waals surface area (Å²) in [6.45, 7) is 4.96. The van der Waals surface area contributed by atoms with Crippen molar-refractivity contribution in [2.45, 2.75) is 26.7 Å². The molecule has 6 nitrogen and oxygen atoms in total. The van der Waals surface area contributed by atoms with Gasteiger partial charge < -0.3 is 24.5 Å². The zero-order valence-electron chi connectivity index (χ0n) is 15.0. The van der Waals surface area contributed by atoms with Gasteiger partial charge in [0.2, 0.25) is 11.7 Å². The molecule has 0 saturated carbocycles. The molecule has 0 saturated heterocycles. The molecule has 0 fully saturated rings. The molecule has 0 atom stereocenters. The van der Waals surface area contributed by atoms with Crippen LogP contribution < -0.4 is 19.5 Å². The number of rotatable bonds is 8. The van der Waals surface area contributed by atoms with E-state index in [2.05, 4.69) is 24.1 Å². The summed E-state index contributed by atoms with van der Waals surface area (Å²) in [5.41, 5.74) is 1.71. The Labute approximate surface area is 142 Å². The van der Waals surface area contributed by atoms with Crippen LogP contribution in [0.25, 0.3) is 10.9 Å². The van der Waals surface area contributed by atoms with Crippen molar-refractivity contribution in [3.8, 4) is 17.2 Å². The van der Waals surface area contributed by atoms with Gasteiger partial charge in [0.1, 0.15) is 0 Å². The van der Waals surface area contributed by atoms with Gasteiger partial charge in [-0.05, 0) is 17.9 Å². The maximum absolute atomic E-state index is 12.2. The summed E-state index contributed by atoms with van der Waals surface area (Å²) in [6.07, 6.45) is 3.08. The molecule has 0 aliphatic heterocycles. The van der Waals surface area contributed by atoms with Gasteiger partial charge in [0.05, 0.1) is 33.3 Å². The summed E-state index contributed by atoms with van der Waals surface area (Å²) in [7, 11) is 4.72. The molecule has 132 valence electrons. The highest BCUT2D eigenvalue weighted by atomic mass is 16.5. The summed E-state index contributed by atoms with van der Waals surface area (Å²) in [4.78, 5) is 15.4. The number of aromatic nitrogens is 1. The van der Waals surface area contributed by atoms with E-state index in [9.17, 15) is 4.79 Å². The zero-order chi connectivity index (χ0) is 17.7. The lowest BCUT2D eigenvalue weighted by Crippen LogP contribution is -2.26. The monoisotopic (exact) mass is 334 g/mol. The third-order valence-electron chi connectivity index (χ3n) is 3.95. The fourth-order valence-corrected chi connectivity index (χ4v) is 2.70. The largest absolute Gasteiger partial charge is 0.493 e. The van der Waals surface area contributed by atoms with Crippen LogP contribution in [0, 0.1) is 5.92 Å². The first-order valence-electron chi connectivity index (χ1n) is 8.07. The number of carbonyl (C=O) groups is 1. The molecule has 0 aliphatic rings. The number of hydrogen-bond donors (Lipinski definition) is 2. The Bertz CT molecular complexity index is 707. The molecular weight excluding hydrogens is 308 g/mol. The van der Waals surface area contributed by atoms with Crippen molar-refractivity contribution >= 4 is 16.8 Å². The number of nitrogens with one attached hydrogen (secondary N) is 2. The molecular formula is C18H26N2O4. The minimum atomic E-state index is -0.00612. The number of hydrogen-bond acceptors (Lipinski definition) is 4. The Morgan fingerprint density at radius 3 is 2.46 bits per heavy atom. The first-order valence-corrected chi connectivity index (χ1v) is 8.07. The SMILES string of the molecule is COc1cc2[nH]cc(CC(=O)NCCC(C)C)c2c(OC)c1OC. The Morgan fingerprint density at radius 1 is 1.17 bits per heavy atom. The van der Waals surface area contributed by atoms with Crippen molar-refractivity contribution in [1.29, 1.82) is 0 Å². The van der Waals surface area contributed by atoms with E-state index >= 15 is 0 Å². The lowest BCUT2D eigenvalue weighted by atomic mass is 10.1. The highest BCUT2D eigenvalue weighted by molar-refractivity contribution is 5.96. The zero-order valence-corrected chi connectivity index (χ0v) is 15.0. The summed E-state index contributed by atoms with van der Waals surface area (Å²) >= 11 is 0. The highest BCUT2D eigenvalue weighted by Crippen LogP contribution is 2.44. The van der Waals surface area contributed by atoms with Crippen LogP contribution in [0.3, 0.4) is 0 Å². The second kappa shape index (κ2) is 7.95. The number of H-pyrrole nitrogens is 1. The van der Waals surface area contributed by atoms with Gasteiger partial charge in [-0.25, -0.2) is 0 Å². The average molecular weight is 334 g/mol. The van der Waals surface area contributed by atoms with Crippen LogP contribution in [0.1, 0.15) is 25.8 Å². The van der Waals surface area contributed by atoms with Crippen LogP contribution in [0.15, 0.2) is 12.3 Å². The molecule has 0 radical (unpaired) electrons. The van der Waals surface area contributed by atoms with Gasteiger partial charge in [0.25, 0.3) is 0 Å². The molecule has 0 unspecified atom stereocenters. The van der Waals surface area contributed by atoms with Crippen LogP contribution in [0.4, 0.5) is 0 Å². The molecule has 1 aromatic carbocycles.